The standard InChI is InChI=1S/C18H12N2O3/c21-17(22)13-10-19-14-4-5-15-12(16(13)14)9-11-3-1-7-20-8-2-6-18(11,20)23-15/h1-7,9-10H,8H2,(H,21,22). The Labute approximate surface area is 131 Å². The van der Waals surface area contributed by atoms with Crippen LogP contribution in [0.5, 0.6) is 5.75 Å². The van der Waals surface area contributed by atoms with Crippen LogP contribution < -0.4 is 15.2 Å². The van der Waals surface area contributed by atoms with Crippen molar-refractivity contribution < 1.29 is 14.6 Å². The molecule has 1 spiro atoms. The van der Waals surface area contributed by atoms with Crippen LogP contribution in [0.3, 0.4) is 0 Å². The molecule has 0 amide bonds. The van der Waals surface area contributed by atoms with Crippen LogP contribution in [-0.2, 0) is 4.79 Å². The third-order valence-electron chi connectivity index (χ3n) is 4.61. The Bertz CT molecular complexity index is 1010. The van der Waals surface area contributed by atoms with Crippen molar-refractivity contribution in [2.45, 2.75) is 5.72 Å². The molecule has 23 heavy (non-hydrogen) atoms. The average molecular weight is 304 g/mol. The first kappa shape index (κ1) is 12.5. The van der Waals surface area contributed by atoms with Crippen molar-refractivity contribution in [2.24, 2.45) is 4.99 Å². The molecule has 0 fully saturated rings. The van der Waals surface area contributed by atoms with E-state index in [0.29, 0.717) is 16.7 Å². The summed E-state index contributed by atoms with van der Waals surface area (Å²) in [4.78, 5) is 17.8. The zero-order valence-electron chi connectivity index (χ0n) is 12.1. The van der Waals surface area contributed by atoms with Gasteiger partial charge in [0.2, 0.25) is 5.72 Å². The number of hydrogen-bond acceptors (Lipinski definition) is 4. The van der Waals surface area contributed by atoms with Crippen molar-refractivity contribution in [3.8, 4) is 5.75 Å². The summed E-state index contributed by atoms with van der Waals surface area (Å²) in [5.41, 5.74) is 1.26. The monoisotopic (exact) mass is 304 g/mol. The molecule has 4 heterocycles. The van der Waals surface area contributed by atoms with Gasteiger partial charge >= 0.3 is 5.97 Å². The van der Waals surface area contributed by atoms with Crippen molar-refractivity contribution in [3.63, 3.8) is 0 Å². The van der Waals surface area contributed by atoms with E-state index < -0.39 is 11.7 Å². The summed E-state index contributed by atoms with van der Waals surface area (Å²) < 4.78 is 6.33. The van der Waals surface area contributed by atoms with E-state index in [1.165, 1.54) is 6.21 Å². The smallest absolute Gasteiger partial charge is 0.337 e. The number of aliphatic imine (C=N–C) groups is 1. The first-order chi connectivity index (χ1) is 11.2. The predicted molar refractivity (Wildman–Crippen MR) is 85.8 cm³/mol. The number of carboxylic acid groups (broad SMARTS) is 1. The van der Waals surface area contributed by atoms with Gasteiger partial charge in [-0.3, -0.25) is 4.99 Å². The van der Waals surface area contributed by atoms with E-state index in [0.717, 1.165) is 17.3 Å². The molecular formula is C18H12N2O3. The van der Waals surface area contributed by atoms with Crippen LogP contribution >= 0.6 is 0 Å². The van der Waals surface area contributed by atoms with Crippen LogP contribution in [0.4, 0.5) is 5.69 Å². The minimum Gasteiger partial charge on any atom is -0.478 e. The molecule has 4 aliphatic heterocycles. The minimum atomic E-state index is -0.977. The fourth-order valence-corrected chi connectivity index (χ4v) is 3.56. The number of allylic oxidation sites excluding steroid dienone is 2. The van der Waals surface area contributed by atoms with E-state index in [-0.39, 0.29) is 5.57 Å². The number of carboxylic acids is 1. The second-order valence-electron chi connectivity index (χ2n) is 5.81. The Kier molecular flexibility index (Phi) is 2.17. The summed E-state index contributed by atoms with van der Waals surface area (Å²) in [6.07, 6.45) is 13.5. The first-order valence-electron chi connectivity index (χ1n) is 7.38. The molecule has 0 aromatic heterocycles. The Balaban J connectivity index is 1.86. The molecule has 0 radical (unpaired) electrons. The lowest BCUT2D eigenvalue weighted by molar-refractivity contribution is -0.130. The van der Waals surface area contributed by atoms with Crippen LogP contribution in [0.25, 0.3) is 11.6 Å². The molecule has 0 bridgehead atoms. The summed E-state index contributed by atoms with van der Waals surface area (Å²) in [5, 5.41) is 10.8. The fourth-order valence-electron chi connectivity index (χ4n) is 3.56. The van der Waals surface area contributed by atoms with Gasteiger partial charge in [-0.25, -0.2) is 4.79 Å². The molecule has 0 aliphatic carbocycles. The largest absolute Gasteiger partial charge is 0.478 e. The molecule has 0 saturated heterocycles. The van der Waals surface area contributed by atoms with Gasteiger partial charge in [-0.15, -0.1) is 0 Å². The Hall–Kier alpha value is -3.08. The number of benzene rings is 1. The number of carbonyl (C=O) groups is 1. The maximum Gasteiger partial charge on any atom is 0.337 e. The summed E-state index contributed by atoms with van der Waals surface area (Å²) in [6, 6.07) is 3.67. The number of nitrogens with zero attached hydrogens (tertiary/aromatic N) is 2. The second kappa shape index (κ2) is 4.01. The van der Waals surface area contributed by atoms with E-state index >= 15 is 0 Å². The Morgan fingerprint density at radius 3 is 3.17 bits per heavy atom. The summed E-state index contributed by atoms with van der Waals surface area (Å²) in [7, 11) is 0. The second-order valence-corrected chi connectivity index (χ2v) is 5.81. The number of hydrogen-bond donors (Lipinski definition) is 1. The lowest BCUT2D eigenvalue weighted by Gasteiger charge is -2.42. The van der Waals surface area contributed by atoms with Gasteiger partial charge in [-0.1, -0.05) is 12.2 Å². The summed E-state index contributed by atoms with van der Waals surface area (Å²) in [5.74, 6) is -0.300. The van der Waals surface area contributed by atoms with E-state index in [2.05, 4.69) is 16.0 Å². The molecule has 5 rings (SSSR count). The van der Waals surface area contributed by atoms with Gasteiger partial charge in [0.15, 0.2) is 0 Å². The van der Waals surface area contributed by atoms with Crippen molar-refractivity contribution in [1.29, 1.82) is 0 Å². The van der Waals surface area contributed by atoms with Crippen LogP contribution in [0.1, 0.15) is 0 Å². The van der Waals surface area contributed by atoms with Gasteiger partial charge in [0.05, 0.1) is 11.3 Å². The van der Waals surface area contributed by atoms with Gasteiger partial charge in [-0.2, -0.15) is 0 Å². The number of aliphatic carboxylic acids is 1. The average Bonchev–Trinajstić information content (AvgIpc) is 3.15. The van der Waals surface area contributed by atoms with Crippen LogP contribution in [0.15, 0.2) is 53.2 Å². The van der Waals surface area contributed by atoms with E-state index in [9.17, 15) is 9.90 Å². The van der Waals surface area contributed by atoms with Gasteiger partial charge < -0.3 is 14.7 Å². The number of fused-ring (bicyclic) bond motifs is 3. The van der Waals surface area contributed by atoms with Crippen LogP contribution in [-0.4, -0.2) is 34.5 Å². The molecule has 112 valence electrons. The topological polar surface area (TPSA) is 62.1 Å². The molecule has 4 aliphatic rings. The minimum absolute atomic E-state index is 0.207. The highest BCUT2D eigenvalue weighted by Crippen LogP contribution is 2.38. The SMILES string of the molecule is O=C(O)C1=c2c(ccc3c2=CC2=CC=CN4CC=CC24O3)N=C1. The van der Waals surface area contributed by atoms with Crippen LogP contribution in [0, 0.1) is 0 Å². The zero-order chi connectivity index (χ0) is 15.6. The van der Waals surface area contributed by atoms with Crippen LogP contribution in [0.2, 0.25) is 0 Å². The zero-order valence-corrected chi connectivity index (χ0v) is 12.1. The maximum atomic E-state index is 11.5. The fraction of sp³-hybridized carbons (Fsp3) is 0.111. The number of rotatable bonds is 1. The van der Waals surface area contributed by atoms with E-state index in [4.69, 9.17) is 4.74 Å². The van der Waals surface area contributed by atoms with Crippen molar-refractivity contribution in [1.82, 2.24) is 4.90 Å². The quantitative estimate of drug-likeness (QED) is 0.781. The molecule has 0 saturated carbocycles. The lowest BCUT2D eigenvalue weighted by atomic mass is 9.94. The molecule has 1 atom stereocenters. The predicted octanol–water partition coefficient (Wildman–Crippen LogP) is 0.833. The maximum absolute atomic E-state index is 11.5. The Morgan fingerprint density at radius 1 is 1.39 bits per heavy atom. The molecule has 1 unspecified atom stereocenters. The summed E-state index contributed by atoms with van der Waals surface area (Å²) in [6.45, 7) is 0.789. The molecule has 5 heteroatoms. The Morgan fingerprint density at radius 2 is 2.30 bits per heavy atom. The molecule has 5 nitrogen and oxygen atoms in total. The van der Waals surface area contributed by atoms with E-state index in [1.807, 2.05) is 42.6 Å². The van der Waals surface area contributed by atoms with Gasteiger partial charge in [0.25, 0.3) is 0 Å². The third kappa shape index (κ3) is 1.46. The number of ether oxygens (including phenoxy) is 1. The lowest BCUT2D eigenvalue weighted by Crippen LogP contribution is -2.52. The highest BCUT2D eigenvalue weighted by Gasteiger charge is 2.44. The first-order valence-corrected chi connectivity index (χ1v) is 7.38. The van der Waals surface area contributed by atoms with Gasteiger partial charge in [0.1, 0.15) is 5.75 Å². The molecule has 1 N–H and O–H groups in total. The summed E-state index contributed by atoms with van der Waals surface area (Å²) >= 11 is 0. The molecule has 1 aromatic carbocycles. The normalized spacial score (nSPS) is 25.1. The van der Waals surface area contributed by atoms with Crippen molar-refractivity contribution >= 4 is 29.5 Å². The highest BCUT2D eigenvalue weighted by atomic mass is 16.5. The van der Waals surface area contributed by atoms with Gasteiger partial charge in [-0.05, 0) is 30.4 Å². The highest BCUT2D eigenvalue weighted by molar-refractivity contribution is 6.34. The van der Waals surface area contributed by atoms with Crippen molar-refractivity contribution in [3.05, 3.63) is 58.6 Å². The molecule has 1 aromatic rings. The van der Waals surface area contributed by atoms with Crippen molar-refractivity contribution in [2.75, 3.05) is 6.54 Å². The van der Waals surface area contributed by atoms with Gasteiger partial charge in [0, 0.05) is 35.0 Å². The van der Waals surface area contributed by atoms with E-state index in [1.54, 1.807) is 0 Å². The third-order valence-corrected chi connectivity index (χ3v) is 4.61. The molecular weight excluding hydrogens is 292 g/mol.